The van der Waals surface area contributed by atoms with E-state index in [4.69, 9.17) is 4.74 Å². The van der Waals surface area contributed by atoms with Crippen molar-refractivity contribution in [2.24, 2.45) is 0 Å². The van der Waals surface area contributed by atoms with E-state index in [0.29, 0.717) is 31.6 Å². The summed E-state index contributed by atoms with van der Waals surface area (Å²) < 4.78 is 43.4. The SMILES string of the molecule is CC(CC(=O)NCC1(O)CCOCC1)c1cccc(C(F)(F)F)c1. The summed E-state index contributed by atoms with van der Waals surface area (Å²) in [7, 11) is 0. The van der Waals surface area contributed by atoms with E-state index in [1.54, 1.807) is 13.0 Å². The molecule has 0 bridgehead atoms. The summed E-state index contributed by atoms with van der Waals surface area (Å²) in [4.78, 5) is 12.0. The fourth-order valence-corrected chi connectivity index (χ4v) is 2.68. The molecule has 4 nitrogen and oxygen atoms in total. The van der Waals surface area contributed by atoms with Crippen LogP contribution in [-0.2, 0) is 15.7 Å². The molecule has 1 aromatic rings. The number of aliphatic hydroxyl groups is 1. The Morgan fingerprint density at radius 2 is 2.04 bits per heavy atom. The first-order chi connectivity index (χ1) is 11.2. The van der Waals surface area contributed by atoms with Crippen LogP contribution in [-0.4, -0.2) is 36.4 Å². The molecule has 1 unspecified atom stereocenters. The molecule has 7 heteroatoms. The molecular weight excluding hydrogens is 323 g/mol. The minimum atomic E-state index is -4.40. The smallest absolute Gasteiger partial charge is 0.388 e. The number of halogens is 3. The van der Waals surface area contributed by atoms with Gasteiger partial charge in [-0.15, -0.1) is 0 Å². The molecule has 1 heterocycles. The van der Waals surface area contributed by atoms with Crippen LogP contribution in [0.25, 0.3) is 0 Å². The van der Waals surface area contributed by atoms with Gasteiger partial charge in [0.15, 0.2) is 0 Å². The third kappa shape index (κ3) is 5.21. The third-order valence-corrected chi connectivity index (χ3v) is 4.31. The number of ether oxygens (including phenoxy) is 1. The predicted molar refractivity (Wildman–Crippen MR) is 82.5 cm³/mol. The Labute approximate surface area is 139 Å². The van der Waals surface area contributed by atoms with E-state index in [1.807, 2.05) is 0 Å². The number of carbonyl (C=O) groups excluding carboxylic acids is 1. The minimum Gasteiger partial charge on any atom is -0.388 e. The van der Waals surface area contributed by atoms with Crippen molar-refractivity contribution in [1.82, 2.24) is 5.32 Å². The molecule has 2 rings (SSSR count). The molecule has 0 saturated carbocycles. The van der Waals surface area contributed by atoms with Gasteiger partial charge in [-0.2, -0.15) is 13.2 Å². The van der Waals surface area contributed by atoms with Crippen molar-refractivity contribution in [3.05, 3.63) is 35.4 Å². The van der Waals surface area contributed by atoms with Gasteiger partial charge in [0.1, 0.15) is 0 Å². The second-order valence-corrected chi connectivity index (χ2v) is 6.34. The summed E-state index contributed by atoms with van der Waals surface area (Å²) in [5, 5.41) is 12.9. The van der Waals surface area contributed by atoms with Gasteiger partial charge in [0.2, 0.25) is 5.91 Å². The van der Waals surface area contributed by atoms with Crippen LogP contribution >= 0.6 is 0 Å². The molecule has 0 aromatic heterocycles. The van der Waals surface area contributed by atoms with E-state index in [0.717, 1.165) is 12.1 Å². The first-order valence-electron chi connectivity index (χ1n) is 7.94. The average molecular weight is 345 g/mol. The van der Waals surface area contributed by atoms with Crippen molar-refractivity contribution < 1.29 is 27.8 Å². The van der Waals surface area contributed by atoms with Gasteiger partial charge in [-0.05, 0) is 17.5 Å². The standard InChI is InChI=1S/C17H22F3NO3/c1-12(13-3-2-4-14(10-13)17(18,19)20)9-15(22)21-11-16(23)5-7-24-8-6-16/h2-4,10,12,23H,5-9,11H2,1H3,(H,21,22). The number of nitrogens with one attached hydrogen (secondary N) is 1. The van der Waals surface area contributed by atoms with Crippen LogP contribution in [0.5, 0.6) is 0 Å². The first kappa shape index (κ1) is 18.7. The molecule has 1 aliphatic rings. The Morgan fingerprint density at radius 1 is 1.38 bits per heavy atom. The molecular formula is C17H22F3NO3. The van der Waals surface area contributed by atoms with Gasteiger partial charge in [0.05, 0.1) is 11.2 Å². The number of amides is 1. The maximum Gasteiger partial charge on any atom is 0.416 e. The highest BCUT2D eigenvalue weighted by atomic mass is 19.4. The van der Waals surface area contributed by atoms with Crippen LogP contribution in [0.3, 0.4) is 0 Å². The number of carbonyl (C=O) groups is 1. The van der Waals surface area contributed by atoms with E-state index < -0.39 is 17.3 Å². The molecule has 2 N–H and O–H groups in total. The van der Waals surface area contributed by atoms with Gasteiger partial charge < -0.3 is 15.2 Å². The number of rotatable bonds is 5. The summed E-state index contributed by atoms with van der Waals surface area (Å²) in [5.74, 6) is -0.642. The largest absolute Gasteiger partial charge is 0.416 e. The van der Waals surface area contributed by atoms with Crippen LogP contribution in [0, 0.1) is 0 Å². The van der Waals surface area contributed by atoms with Crippen molar-refractivity contribution in [1.29, 1.82) is 0 Å². The summed E-state index contributed by atoms with van der Waals surface area (Å²) in [6.07, 6.45) is -3.43. The van der Waals surface area contributed by atoms with Crippen LogP contribution in [0.1, 0.15) is 43.2 Å². The highest BCUT2D eigenvalue weighted by molar-refractivity contribution is 5.76. The molecule has 1 aliphatic heterocycles. The van der Waals surface area contributed by atoms with Crippen molar-refractivity contribution in [3.63, 3.8) is 0 Å². The monoisotopic (exact) mass is 345 g/mol. The van der Waals surface area contributed by atoms with Gasteiger partial charge in [-0.25, -0.2) is 0 Å². The van der Waals surface area contributed by atoms with Gasteiger partial charge >= 0.3 is 6.18 Å². The summed E-state index contributed by atoms with van der Waals surface area (Å²) in [6.45, 7) is 2.74. The normalized spacial score (nSPS) is 18.9. The Morgan fingerprint density at radius 3 is 2.67 bits per heavy atom. The van der Waals surface area contributed by atoms with Crippen molar-refractivity contribution in [3.8, 4) is 0 Å². The van der Waals surface area contributed by atoms with E-state index >= 15 is 0 Å². The highest BCUT2D eigenvalue weighted by Crippen LogP contribution is 2.31. The van der Waals surface area contributed by atoms with Crippen molar-refractivity contribution in [2.45, 2.75) is 43.9 Å². The Hall–Kier alpha value is -1.60. The lowest BCUT2D eigenvalue weighted by molar-refractivity contribution is -0.137. The zero-order chi connectivity index (χ0) is 17.8. The van der Waals surface area contributed by atoms with E-state index in [9.17, 15) is 23.1 Å². The van der Waals surface area contributed by atoms with E-state index in [1.165, 1.54) is 6.07 Å². The number of hydrogen-bond donors (Lipinski definition) is 2. The first-order valence-corrected chi connectivity index (χ1v) is 7.94. The summed E-state index contributed by atoms with van der Waals surface area (Å²) in [6, 6.07) is 5.01. The van der Waals surface area contributed by atoms with Gasteiger partial charge in [-0.3, -0.25) is 4.79 Å². The molecule has 1 aromatic carbocycles. The minimum absolute atomic E-state index is 0.0634. The fourth-order valence-electron chi connectivity index (χ4n) is 2.68. The lowest BCUT2D eigenvalue weighted by Crippen LogP contribution is -2.46. The third-order valence-electron chi connectivity index (χ3n) is 4.31. The Bertz CT molecular complexity index is 568. The van der Waals surface area contributed by atoms with Gasteiger partial charge in [0, 0.05) is 39.0 Å². The van der Waals surface area contributed by atoms with Crippen LogP contribution in [0.15, 0.2) is 24.3 Å². The summed E-state index contributed by atoms with van der Waals surface area (Å²) in [5.41, 5.74) is -1.22. The number of hydrogen-bond acceptors (Lipinski definition) is 3. The fraction of sp³-hybridized carbons (Fsp3) is 0.588. The molecule has 1 amide bonds. The Kier molecular flexibility index (Phi) is 5.87. The van der Waals surface area contributed by atoms with Crippen LogP contribution < -0.4 is 5.32 Å². The zero-order valence-electron chi connectivity index (χ0n) is 13.5. The number of alkyl halides is 3. The second-order valence-electron chi connectivity index (χ2n) is 6.34. The van der Waals surface area contributed by atoms with Crippen LogP contribution in [0.4, 0.5) is 13.2 Å². The second kappa shape index (κ2) is 7.53. The molecule has 1 saturated heterocycles. The quantitative estimate of drug-likeness (QED) is 0.863. The topological polar surface area (TPSA) is 58.6 Å². The van der Waals surface area contributed by atoms with Crippen molar-refractivity contribution in [2.75, 3.05) is 19.8 Å². The van der Waals surface area contributed by atoms with Crippen molar-refractivity contribution >= 4 is 5.91 Å². The van der Waals surface area contributed by atoms with E-state index in [-0.39, 0.29) is 24.8 Å². The maximum atomic E-state index is 12.7. The molecule has 1 fully saturated rings. The summed E-state index contributed by atoms with van der Waals surface area (Å²) >= 11 is 0. The Balaban J connectivity index is 1.89. The highest BCUT2D eigenvalue weighted by Gasteiger charge is 2.31. The molecule has 0 spiro atoms. The molecule has 1 atom stereocenters. The molecule has 134 valence electrons. The van der Waals surface area contributed by atoms with E-state index in [2.05, 4.69) is 5.32 Å². The average Bonchev–Trinajstić information content (AvgIpc) is 2.53. The van der Waals surface area contributed by atoms with Gasteiger partial charge in [0.25, 0.3) is 0 Å². The molecule has 24 heavy (non-hydrogen) atoms. The molecule has 0 radical (unpaired) electrons. The lowest BCUT2D eigenvalue weighted by Gasteiger charge is -2.32. The lowest BCUT2D eigenvalue weighted by atomic mass is 9.93. The maximum absolute atomic E-state index is 12.7. The van der Waals surface area contributed by atoms with Crippen LogP contribution in [0.2, 0.25) is 0 Å². The zero-order valence-corrected chi connectivity index (χ0v) is 13.5. The molecule has 0 aliphatic carbocycles. The number of benzene rings is 1. The predicted octanol–water partition coefficient (Wildman–Crippen LogP) is 2.86. The van der Waals surface area contributed by atoms with Gasteiger partial charge in [-0.1, -0.05) is 25.1 Å².